The van der Waals surface area contributed by atoms with Gasteiger partial charge in [0.15, 0.2) is 0 Å². The lowest BCUT2D eigenvalue weighted by molar-refractivity contribution is -0.0811. The second-order valence-electron chi connectivity index (χ2n) is 5.90. The van der Waals surface area contributed by atoms with Crippen LogP contribution in [0.15, 0.2) is 48.5 Å². The van der Waals surface area contributed by atoms with Gasteiger partial charge in [-0.05, 0) is 24.6 Å². The number of nitrogens with zero attached hydrogens (tertiary/aromatic N) is 1. The number of carbonyl (C=O) groups is 1. The van der Waals surface area contributed by atoms with Crippen LogP contribution < -0.4 is 0 Å². The average molecular weight is 327 g/mol. The monoisotopic (exact) mass is 327 g/mol. The first-order valence-corrected chi connectivity index (χ1v) is 8.00. The molecule has 0 unspecified atom stereocenters. The van der Waals surface area contributed by atoms with Gasteiger partial charge in [0.2, 0.25) is 0 Å². The molecule has 2 N–H and O–H groups in total. The van der Waals surface area contributed by atoms with Gasteiger partial charge in [0.1, 0.15) is 11.9 Å². The molecule has 1 amide bonds. The van der Waals surface area contributed by atoms with Crippen molar-refractivity contribution in [3.8, 4) is 5.75 Å². The topological polar surface area (TPSA) is 70.0 Å². The van der Waals surface area contributed by atoms with Crippen molar-refractivity contribution >= 4 is 5.91 Å². The number of rotatable bonds is 3. The molecule has 126 valence electrons. The summed E-state index contributed by atoms with van der Waals surface area (Å²) in [5.41, 5.74) is 1.94. The second kappa shape index (κ2) is 7.03. The van der Waals surface area contributed by atoms with Crippen molar-refractivity contribution in [2.75, 3.05) is 19.8 Å². The summed E-state index contributed by atoms with van der Waals surface area (Å²) in [5, 5.41) is 19.6. The van der Waals surface area contributed by atoms with E-state index in [1.165, 1.54) is 0 Å². The molecule has 0 bridgehead atoms. The van der Waals surface area contributed by atoms with Gasteiger partial charge in [-0.3, -0.25) is 4.79 Å². The van der Waals surface area contributed by atoms with Crippen LogP contribution in [0.1, 0.15) is 27.5 Å². The predicted molar refractivity (Wildman–Crippen MR) is 89.9 cm³/mol. The largest absolute Gasteiger partial charge is 0.508 e. The number of phenolic OH excluding ortho intramolecular Hbond substituents is 1. The molecule has 0 spiro atoms. The lowest BCUT2D eigenvalue weighted by Gasteiger charge is -2.41. The summed E-state index contributed by atoms with van der Waals surface area (Å²) in [6.07, 6.45) is -0.470. The van der Waals surface area contributed by atoms with E-state index in [0.717, 1.165) is 5.56 Å². The number of carbonyl (C=O) groups excluding carboxylic acids is 1. The van der Waals surface area contributed by atoms with E-state index in [9.17, 15) is 15.0 Å². The van der Waals surface area contributed by atoms with Crippen molar-refractivity contribution in [2.45, 2.75) is 19.1 Å². The molecule has 0 radical (unpaired) electrons. The zero-order valence-corrected chi connectivity index (χ0v) is 13.6. The van der Waals surface area contributed by atoms with Crippen molar-refractivity contribution in [1.29, 1.82) is 0 Å². The number of aliphatic hydroxyl groups excluding tert-OH is 1. The van der Waals surface area contributed by atoms with Gasteiger partial charge in [0, 0.05) is 17.7 Å². The molecular weight excluding hydrogens is 306 g/mol. The molecule has 1 heterocycles. The summed E-state index contributed by atoms with van der Waals surface area (Å²) in [5.74, 6) is -0.0666. The molecular formula is C19H21NO4. The zero-order chi connectivity index (χ0) is 17.1. The van der Waals surface area contributed by atoms with Gasteiger partial charge in [-0.2, -0.15) is 0 Å². The lowest BCUT2D eigenvalue weighted by Crippen LogP contribution is -2.49. The molecule has 5 nitrogen and oxygen atoms in total. The maximum Gasteiger partial charge on any atom is 0.254 e. The minimum absolute atomic E-state index is 0.101. The Labute approximate surface area is 141 Å². The Morgan fingerprint density at radius 3 is 2.67 bits per heavy atom. The molecule has 2 aromatic carbocycles. The van der Waals surface area contributed by atoms with Crippen molar-refractivity contribution in [3.05, 3.63) is 65.2 Å². The Hall–Kier alpha value is -2.37. The molecule has 24 heavy (non-hydrogen) atoms. The van der Waals surface area contributed by atoms with E-state index in [2.05, 4.69) is 0 Å². The summed E-state index contributed by atoms with van der Waals surface area (Å²) in [4.78, 5) is 14.8. The maximum atomic E-state index is 13.1. The van der Waals surface area contributed by atoms with E-state index in [-0.39, 0.29) is 24.3 Å². The average Bonchev–Trinajstić information content (AvgIpc) is 2.63. The summed E-state index contributed by atoms with van der Waals surface area (Å²) in [7, 11) is 0. The fraction of sp³-hybridized carbons (Fsp3) is 0.316. The van der Waals surface area contributed by atoms with E-state index in [0.29, 0.717) is 24.3 Å². The highest BCUT2D eigenvalue weighted by molar-refractivity contribution is 5.96. The standard InChI is InChI=1S/C19H21NO4/c1-13-15(8-5-9-16(13)22)19(23)20-10-11-24-17(12-21)18(20)14-6-3-2-4-7-14/h2-9,17-18,21-22H,10-12H2,1H3/t17-,18-/m0/s1. The van der Waals surface area contributed by atoms with Crippen molar-refractivity contribution in [2.24, 2.45) is 0 Å². The highest BCUT2D eigenvalue weighted by Gasteiger charge is 2.36. The third-order valence-corrected chi connectivity index (χ3v) is 4.47. The summed E-state index contributed by atoms with van der Waals surface area (Å²) in [6.45, 7) is 2.37. The van der Waals surface area contributed by atoms with Crippen molar-refractivity contribution < 1.29 is 19.7 Å². The smallest absolute Gasteiger partial charge is 0.254 e. The van der Waals surface area contributed by atoms with Crippen LogP contribution in [0.4, 0.5) is 0 Å². The number of aliphatic hydroxyl groups is 1. The van der Waals surface area contributed by atoms with E-state index in [1.54, 1.807) is 30.0 Å². The van der Waals surface area contributed by atoms with Crippen LogP contribution in [0.5, 0.6) is 5.75 Å². The first kappa shape index (κ1) is 16.5. The van der Waals surface area contributed by atoms with Gasteiger partial charge in [0.25, 0.3) is 5.91 Å². The van der Waals surface area contributed by atoms with Crippen LogP contribution in [0.25, 0.3) is 0 Å². The van der Waals surface area contributed by atoms with Gasteiger partial charge in [-0.1, -0.05) is 36.4 Å². The minimum atomic E-state index is -0.470. The molecule has 0 saturated carbocycles. The van der Waals surface area contributed by atoms with Crippen molar-refractivity contribution in [1.82, 2.24) is 4.90 Å². The lowest BCUT2D eigenvalue weighted by atomic mass is 9.96. The van der Waals surface area contributed by atoms with E-state index >= 15 is 0 Å². The van der Waals surface area contributed by atoms with Crippen LogP contribution >= 0.6 is 0 Å². The second-order valence-corrected chi connectivity index (χ2v) is 5.90. The Kier molecular flexibility index (Phi) is 4.83. The van der Waals surface area contributed by atoms with Crippen LogP contribution in [0, 0.1) is 6.92 Å². The van der Waals surface area contributed by atoms with Gasteiger partial charge >= 0.3 is 0 Å². The van der Waals surface area contributed by atoms with Gasteiger partial charge in [-0.15, -0.1) is 0 Å². The molecule has 1 fully saturated rings. The predicted octanol–water partition coefficient (Wildman–Crippen LogP) is 2.28. The van der Waals surface area contributed by atoms with E-state index < -0.39 is 6.10 Å². The molecule has 1 aliphatic rings. The maximum absolute atomic E-state index is 13.1. The number of ether oxygens (including phenoxy) is 1. The Morgan fingerprint density at radius 2 is 1.96 bits per heavy atom. The molecule has 0 aromatic heterocycles. The Morgan fingerprint density at radius 1 is 1.21 bits per heavy atom. The summed E-state index contributed by atoms with van der Waals surface area (Å²) in [6, 6.07) is 14.2. The number of morpholine rings is 1. The summed E-state index contributed by atoms with van der Waals surface area (Å²) >= 11 is 0. The minimum Gasteiger partial charge on any atom is -0.508 e. The zero-order valence-electron chi connectivity index (χ0n) is 13.6. The quantitative estimate of drug-likeness (QED) is 0.907. The van der Waals surface area contributed by atoms with E-state index in [4.69, 9.17) is 4.74 Å². The molecule has 1 aliphatic heterocycles. The Balaban J connectivity index is 2.00. The molecule has 2 atom stereocenters. The molecule has 1 saturated heterocycles. The molecule has 0 aliphatic carbocycles. The van der Waals surface area contributed by atoms with Crippen LogP contribution in [0.3, 0.4) is 0 Å². The highest BCUT2D eigenvalue weighted by atomic mass is 16.5. The molecule has 3 rings (SSSR count). The van der Waals surface area contributed by atoms with Crippen LogP contribution in [-0.4, -0.2) is 46.9 Å². The first-order chi connectivity index (χ1) is 11.6. The fourth-order valence-corrected chi connectivity index (χ4v) is 3.17. The number of amides is 1. The Bertz CT molecular complexity index is 717. The van der Waals surface area contributed by atoms with Gasteiger partial charge in [0.05, 0.1) is 19.3 Å². The van der Waals surface area contributed by atoms with Crippen molar-refractivity contribution in [3.63, 3.8) is 0 Å². The third-order valence-electron chi connectivity index (χ3n) is 4.47. The number of aromatic hydroxyl groups is 1. The van der Waals surface area contributed by atoms with Gasteiger partial charge < -0.3 is 19.8 Å². The van der Waals surface area contributed by atoms with Crippen LogP contribution in [0.2, 0.25) is 0 Å². The number of hydrogen-bond donors (Lipinski definition) is 2. The SMILES string of the molecule is Cc1c(O)cccc1C(=O)N1CCO[C@@H](CO)[C@@H]1c1ccccc1. The number of phenols is 1. The normalized spacial score (nSPS) is 20.8. The third kappa shape index (κ3) is 3.00. The first-order valence-electron chi connectivity index (χ1n) is 8.00. The highest BCUT2D eigenvalue weighted by Crippen LogP contribution is 2.32. The number of benzene rings is 2. The number of hydrogen-bond acceptors (Lipinski definition) is 4. The fourth-order valence-electron chi connectivity index (χ4n) is 3.17. The van der Waals surface area contributed by atoms with Crippen LogP contribution in [-0.2, 0) is 4.74 Å². The summed E-state index contributed by atoms with van der Waals surface area (Å²) < 4.78 is 5.67. The molecule has 2 aromatic rings. The van der Waals surface area contributed by atoms with Gasteiger partial charge in [-0.25, -0.2) is 0 Å². The van der Waals surface area contributed by atoms with E-state index in [1.807, 2.05) is 30.3 Å². The molecule has 5 heteroatoms.